The first-order valence-electron chi connectivity index (χ1n) is 12.7. The number of rotatable bonds is 7. The monoisotopic (exact) mass is 605 g/mol. The molecule has 40 heavy (non-hydrogen) atoms. The molecule has 9 atom stereocenters. The van der Waals surface area contributed by atoms with Crippen LogP contribution in [-0.4, -0.2) is 97.2 Å². The minimum Gasteiger partial charge on any atom is -0.459 e. The molecular formula is C22H32N5O11PS. The number of ether oxygens (including phenoxy) is 6. The lowest BCUT2D eigenvalue weighted by Gasteiger charge is -2.32. The van der Waals surface area contributed by atoms with E-state index < -0.39 is 73.4 Å². The van der Waals surface area contributed by atoms with Crippen molar-refractivity contribution in [2.45, 2.75) is 94.8 Å². The molecule has 4 aliphatic rings. The van der Waals surface area contributed by atoms with Gasteiger partial charge in [-0.25, -0.2) is 9.88 Å². The molecule has 2 aromatic heterocycles. The largest absolute Gasteiger partial charge is 0.459 e. The number of anilines is 1. The van der Waals surface area contributed by atoms with Gasteiger partial charge in [-0.2, -0.15) is 14.0 Å². The van der Waals surface area contributed by atoms with Gasteiger partial charge in [0.15, 0.2) is 35.1 Å². The lowest BCUT2D eigenvalue weighted by Crippen LogP contribution is -2.44. The highest BCUT2D eigenvalue weighted by molar-refractivity contribution is 8.35. The molecular weight excluding hydrogens is 573 g/mol. The average Bonchev–Trinajstić information content (AvgIpc) is 3.62. The second-order valence-electron chi connectivity index (χ2n) is 11.0. The summed E-state index contributed by atoms with van der Waals surface area (Å²) in [6.45, 7) is 6.99. The first-order valence-corrected chi connectivity index (χ1v) is 15.3. The Morgan fingerprint density at radius 2 is 2.00 bits per heavy atom. The van der Waals surface area contributed by atoms with Crippen molar-refractivity contribution in [3.05, 3.63) is 16.7 Å². The van der Waals surface area contributed by atoms with Crippen molar-refractivity contribution in [1.29, 1.82) is 0 Å². The summed E-state index contributed by atoms with van der Waals surface area (Å²) in [7, 11) is -3.92. The van der Waals surface area contributed by atoms with Crippen molar-refractivity contribution in [1.82, 2.24) is 19.5 Å². The van der Waals surface area contributed by atoms with Crippen molar-refractivity contribution >= 4 is 36.5 Å². The molecule has 4 saturated heterocycles. The molecule has 16 nitrogen and oxygen atoms in total. The van der Waals surface area contributed by atoms with Crippen LogP contribution < -0.4 is 11.3 Å². The van der Waals surface area contributed by atoms with E-state index in [1.165, 1.54) is 10.9 Å². The van der Waals surface area contributed by atoms with Gasteiger partial charge in [0.25, 0.3) is 12.7 Å². The van der Waals surface area contributed by atoms with E-state index in [2.05, 4.69) is 15.0 Å². The normalized spacial score (nSPS) is 38.2. The minimum atomic E-state index is -3.92. The van der Waals surface area contributed by atoms with E-state index in [9.17, 15) is 14.8 Å². The first kappa shape index (κ1) is 28.6. The average molecular weight is 606 g/mol. The Kier molecular flexibility index (Phi) is 7.21. The second kappa shape index (κ2) is 10.1. The van der Waals surface area contributed by atoms with Crippen molar-refractivity contribution in [3.63, 3.8) is 0 Å². The van der Waals surface area contributed by atoms with E-state index in [1.807, 2.05) is 0 Å². The van der Waals surface area contributed by atoms with Crippen LogP contribution in [0.2, 0.25) is 0 Å². The maximum absolute atomic E-state index is 12.1. The van der Waals surface area contributed by atoms with Gasteiger partial charge in [0, 0.05) is 6.42 Å². The molecule has 0 amide bonds. The van der Waals surface area contributed by atoms with Crippen LogP contribution >= 0.6 is 7.15 Å². The number of imidazole rings is 1. The third-order valence-corrected chi connectivity index (χ3v) is 8.61. The van der Waals surface area contributed by atoms with E-state index in [0.29, 0.717) is 0 Å². The molecule has 4 fully saturated rings. The van der Waals surface area contributed by atoms with Gasteiger partial charge in [-0.15, -0.1) is 0 Å². The minimum absolute atomic E-state index is 0.0783. The zero-order chi connectivity index (χ0) is 28.6. The summed E-state index contributed by atoms with van der Waals surface area (Å²) >= 11 is 5.33. The highest BCUT2D eigenvalue weighted by Gasteiger charge is 2.61. The molecule has 0 saturated carbocycles. The third kappa shape index (κ3) is 5.50. The van der Waals surface area contributed by atoms with E-state index in [1.54, 1.807) is 27.7 Å². The number of hydrogen-bond acceptors (Lipinski definition) is 15. The van der Waals surface area contributed by atoms with E-state index >= 15 is 0 Å². The number of hydrogen-bond donors (Lipinski definition) is 4. The van der Waals surface area contributed by atoms with Gasteiger partial charge in [-0.3, -0.25) is 14.3 Å². The predicted octanol–water partition coefficient (Wildman–Crippen LogP) is -0.00330. The number of nitrogens with one attached hydrogen (secondary N) is 1. The summed E-state index contributed by atoms with van der Waals surface area (Å²) in [4.78, 5) is 33.7. The maximum Gasteiger partial charge on any atom is 0.287 e. The lowest BCUT2D eigenvalue weighted by molar-refractivity contribution is -0.231. The smallest absolute Gasteiger partial charge is 0.287 e. The van der Waals surface area contributed by atoms with Gasteiger partial charge >= 0.3 is 0 Å². The zero-order valence-corrected chi connectivity index (χ0v) is 23.9. The molecule has 0 aromatic carbocycles. The molecule has 0 bridgehead atoms. The number of aliphatic hydroxyl groups is 1. The predicted molar refractivity (Wildman–Crippen MR) is 138 cm³/mol. The number of aliphatic hydroxyl groups excluding tert-OH is 1. The molecule has 0 spiro atoms. The van der Waals surface area contributed by atoms with Gasteiger partial charge < -0.3 is 51.5 Å². The van der Waals surface area contributed by atoms with Crippen LogP contribution in [0.3, 0.4) is 0 Å². The van der Waals surface area contributed by atoms with Crippen molar-refractivity contribution < 1.29 is 47.5 Å². The van der Waals surface area contributed by atoms with E-state index in [4.69, 9.17) is 55.5 Å². The fraction of sp³-hybridized carbons (Fsp3) is 0.773. The van der Waals surface area contributed by atoms with Gasteiger partial charge in [-0.1, -0.05) is 0 Å². The van der Waals surface area contributed by atoms with Crippen LogP contribution in [0.25, 0.3) is 11.2 Å². The number of fused-ring (bicyclic) bond motifs is 2. The number of nitrogen functional groups attached to an aromatic ring is 1. The molecule has 0 radical (unpaired) electrons. The van der Waals surface area contributed by atoms with Gasteiger partial charge in [0.1, 0.15) is 37.3 Å². The zero-order valence-electron chi connectivity index (χ0n) is 22.2. The molecule has 18 heteroatoms. The quantitative estimate of drug-likeness (QED) is 0.242. The van der Waals surface area contributed by atoms with E-state index in [-0.39, 0.29) is 36.7 Å². The summed E-state index contributed by atoms with van der Waals surface area (Å²) < 4.78 is 48.6. The van der Waals surface area contributed by atoms with Gasteiger partial charge in [0.05, 0.1) is 19.0 Å². The van der Waals surface area contributed by atoms with Crippen LogP contribution in [0.4, 0.5) is 5.95 Å². The SMILES string of the molecule is CC1(C)O[C@H]2O[C@H]([C@H]3COC(C)(C)O3)[C@H](O[P+](O)([S-])OC[C@H]3O[C@@H](n4cnc5c(=O)[nH]c(N)nc54)C[C@@H]3O)[C@H]2O1. The van der Waals surface area contributed by atoms with Crippen LogP contribution in [0.1, 0.15) is 40.3 Å². The molecule has 6 heterocycles. The summed E-state index contributed by atoms with van der Waals surface area (Å²) in [6.07, 6.45) is -4.68. The maximum atomic E-state index is 12.1. The van der Waals surface area contributed by atoms with Crippen molar-refractivity contribution in [3.8, 4) is 0 Å². The summed E-state index contributed by atoms with van der Waals surface area (Å²) in [5, 5.41) is 10.7. The van der Waals surface area contributed by atoms with Crippen LogP contribution in [0, 0.1) is 0 Å². The lowest BCUT2D eigenvalue weighted by atomic mass is 10.1. The highest BCUT2D eigenvalue weighted by Crippen LogP contribution is 2.59. The highest BCUT2D eigenvalue weighted by atomic mass is 32.7. The Labute approximate surface area is 234 Å². The molecule has 0 aliphatic carbocycles. The summed E-state index contributed by atoms with van der Waals surface area (Å²) in [6, 6.07) is 0. The summed E-state index contributed by atoms with van der Waals surface area (Å²) in [5.41, 5.74) is 5.47. The standard InChI is InChI=1S/C22H32N5O11PS/c1-21(2)31-6-11(35-21)14-15(16-19(34-14)37-22(3,4)36-16)38-39(30,40)32-7-10-9(28)5-12(33-10)27-8-24-13-17(27)25-20(23)26-18(13)29/h8-12,14-16,19,28H,5-7H2,1-4H3,(H,30,40)(H3,23,25,26,29)/t9-,10+,11+,12+,14+,15-,16+,19+,39?/m0/s1. The van der Waals surface area contributed by atoms with E-state index in [0.717, 1.165) is 0 Å². The Hall–Kier alpha value is -1.47. The molecule has 222 valence electrons. The van der Waals surface area contributed by atoms with Crippen LogP contribution in [-0.2, 0) is 49.7 Å². The van der Waals surface area contributed by atoms with Crippen LogP contribution in [0.15, 0.2) is 11.1 Å². The second-order valence-corrected chi connectivity index (χ2v) is 13.8. The number of aromatic nitrogens is 4. The fourth-order valence-electron chi connectivity index (χ4n) is 5.34. The number of nitrogens with two attached hydrogens (primary N) is 1. The molecule has 6 rings (SSSR count). The third-order valence-electron chi connectivity index (χ3n) is 7.05. The molecule has 5 N–H and O–H groups in total. The molecule has 2 aromatic rings. The summed E-state index contributed by atoms with van der Waals surface area (Å²) in [5.74, 6) is -1.84. The van der Waals surface area contributed by atoms with Gasteiger partial charge in [-0.05, 0) is 27.7 Å². The van der Waals surface area contributed by atoms with Crippen LogP contribution in [0.5, 0.6) is 0 Å². The number of H-pyrrole nitrogens is 1. The Morgan fingerprint density at radius 1 is 1.23 bits per heavy atom. The Morgan fingerprint density at radius 3 is 2.73 bits per heavy atom. The first-order chi connectivity index (χ1) is 18.7. The molecule has 1 unspecified atom stereocenters. The number of nitrogens with zero attached hydrogens (tertiary/aromatic N) is 3. The van der Waals surface area contributed by atoms with Gasteiger partial charge in [0.2, 0.25) is 5.95 Å². The fourth-order valence-corrected chi connectivity index (χ4v) is 6.77. The molecule has 4 aliphatic heterocycles. The number of aromatic amines is 1. The Balaban J connectivity index is 1.13. The van der Waals surface area contributed by atoms with Crippen molar-refractivity contribution in [2.75, 3.05) is 18.9 Å². The topological polar surface area (TPSA) is 204 Å². The van der Waals surface area contributed by atoms with Crippen molar-refractivity contribution in [2.24, 2.45) is 0 Å². The Bertz CT molecular complexity index is 1320.